The van der Waals surface area contributed by atoms with Crippen molar-refractivity contribution in [2.75, 3.05) is 30.9 Å². The molecular weight excluding hydrogens is 500 g/mol. The van der Waals surface area contributed by atoms with Crippen molar-refractivity contribution in [3.8, 4) is 11.5 Å². The predicted octanol–water partition coefficient (Wildman–Crippen LogP) is 4.74. The number of rotatable bonds is 12. The van der Waals surface area contributed by atoms with Gasteiger partial charge in [-0.05, 0) is 24.3 Å². The number of non-ortho nitro benzene ring substituents is 1. The van der Waals surface area contributed by atoms with Crippen LogP contribution in [0.4, 0.5) is 34.1 Å². The summed E-state index contributed by atoms with van der Waals surface area (Å²) in [5.41, 5.74) is -0.594. The highest BCUT2D eigenvalue weighted by molar-refractivity contribution is 5.93. The molecule has 0 unspecified atom stereocenters. The molecule has 14 heteroatoms. The van der Waals surface area contributed by atoms with E-state index in [2.05, 4.69) is 20.9 Å². The lowest BCUT2D eigenvalue weighted by Gasteiger charge is -2.17. The summed E-state index contributed by atoms with van der Waals surface area (Å²) in [6.07, 6.45) is -0.883. The first kappa shape index (κ1) is 27.5. The van der Waals surface area contributed by atoms with E-state index in [9.17, 15) is 30.1 Å². The fourth-order valence-electron chi connectivity index (χ4n) is 3.21. The zero-order chi connectivity index (χ0) is 27.7. The van der Waals surface area contributed by atoms with Crippen LogP contribution in [0.3, 0.4) is 0 Å². The molecule has 0 saturated carbocycles. The summed E-state index contributed by atoms with van der Waals surface area (Å²) in [5.74, 6) is 0.470. The second kappa shape index (κ2) is 12.7. The van der Waals surface area contributed by atoms with Crippen LogP contribution < -0.4 is 20.1 Å². The molecule has 3 aromatic rings. The van der Waals surface area contributed by atoms with Crippen molar-refractivity contribution in [3.05, 3.63) is 80.9 Å². The van der Waals surface area contributed by atoms with Crippen LogP contribution in [0.15, 0.2) is 70.9 Å². The monoisotopic (exact) mass is 524 g/mol. The van der Waals surface area contributed by atoms with E-state index in [1.807, 2.05) is 18.2 Å². The van der Waals surface area contributed by atoms with E-state index in [1.54, 1.807) is 12.1 Å². The number of hydrogen-bond acceptors (Lipinski definition) is 11. The van der Waals surface area contributed by atoms with Crippen LogP contribution in [0.5, 0.6) is 11.5 Å². The van der Waals surface area contributed by atoms with Gasteiger partial charge in [-0.3, -0.25) is 25.0 Å². The number of ether oxygens (including phenoxy) is 2. The number of aliphatic hydroxyl groups excluding tert-OH is 1. The van der Waals surface area contributed by atoms with Crippen molar-refractivity contribution >= 4 is 40.0 Å². The zero-order valence-corrected chi connectivity index (χ0v) is 20.4. The van der Waals surface area contributed by atoms with Gasteiger partial charge in [-0.1, -0.05) is 18.2 Å². The minimum absolute atomic E-state index is 0.0260. The molecule has 0 fully saturated rings. The Morgan fingerprint density at radius 1 is 1.00 bits per heavy atom. The van der Waals surface area contributed by atoms with E-state index in [0.717, 1.165) is 18.2 Å². The van der Waals surface area contributed by atoms with Gasteiger partial charge in [0, 0.05) is 25.6 Å². The van der Waals surface area contributed by atoms with Gasteiger partial charge >= 0.3 is 5.69 Å². The van der Waals surface area contributed by atoms with Crippen molar-refractivity contribution in [2.24, 2.45) is 10.2 Å². The highest BCUT2D eigenvalue weighted by Gasteiger charge is 2.20. The van der Waals surface area contributed by atoms with Gasteiger partial charge in [0.05, 0.1) is 34.4 Å². The van der Waals surface area contributed by atoms with E-state index in [1.165, 1.54) is 26.2 Å². The third-order valence-corrected chi connectivity index (χ3v) is 4.97. The SMILES string of the molecule is COc1cc(N=Nc2ccc([N+](=O)[O-])cc2[N+](=O)[O-])c(NC(C)=O)cc1NC[C@@H](O)COc1ccccc1. The second-order valence-corrected chi connectivity index (χ2v) is 7.80. The maximum absolute atomic E-state index is 11.8. The molecule has 0 aliphatic rings. The van der Waals surface area contributed by atoms with E-state index in [0.29, 0.717) is 11.4 Å². The van der Waals surface area contributed by atoms with Gasteiger partial charge in [0.1, 0.15) is 29.9 Å². The number of hydrogen-bond donors (Lipinski definition) is 3. The average molecular weight is 524 g/mol. The molecule has 3 aromatic carbocycles. The molecule has 0 radical (unpaired) electrons. The van der Waals surface area contributed by atoms with Crippen LogP contribution in [-0.4, -0.2) is 47.2 Å². The number of nitrogens with zero attached hydrogens (tertiary/aromatic N) is 4. The number of nitrogens with one attached hydrogen (secondary N) is 2. The average Bonchev–Trinajstić information content (AvgIpc) is 2.90. The number of methoxy groups -OCH3 is 1. The maximum atomic E-state index is 11.8. The Morgan fingerprint density at radius 3 is 2.34 bits per heavy atom. The largest absolute Gasteiger partial charge is 0.495 e. The van der Waals surface area contributed by atoms with Gasteiger partial charge in [-0.15, -0.1) is 10.2 Å². The Morgan fingerprint density at radius 2 is 1.71 bits per heavy atom. The third kappa shape index (κ3) is 7.44. The first-order chi connectivity index (χ1) is 18.2. The summed E-state index contributed by atoms with van der Waals surface area (Å²) in [6, 6.07) is 14.9. The number of azo groups is 1. The zero-order valence-electron chi connectivity index (χ0n) is 20.4. The lowest BCUT2D eigenvalue weighted by Crippen LogP contribution is -2.26. The summed E-state index contributed by atoms with van der Waals surface area (Å²) >= 11 is 0. The fourth-order valence-corrected chi connectivity index (χ4v) is 3.21. The number of amides is 1. The molecule has 198 valence electrons. The molecule has 1 amide bonds. The quantitative estimate of drug-likeness (QED) is 0.171. The normalized spacial score (nSPS) is 11.6. The van der Waals surface area contributed by atoms with Crippen molar-refractivity contribution in [3.63, 3.8) is 0 Å². The van der Waals surface area contributed by atoms with Gasteiger partial charge in [0.15, 0.2) is 5.69 Å². The molecular formula is C24H24N6O8. The van der Waals surface area contributed by atoms with Crippen molar-refractivity contribution < 1.29 is 29.2 Å². The van der Waals surface area contributed by atoms with Crippen LogP contribution in [0, 0.1) is 20.2 Å². The number of benzene rings is 3. The molecule has 38 heavy (non-hydrogen) atoms. The number of carbonyl (C=O) groups excluding carboxylic acids is 1. The molecule has 0 heterocycles. The number of nitro groups is 2. The lowest BCUT2D eigenvalue weighted by atomic mass is 10.2. The highest BCUT2D eigenvalue weighted by Crippen LogP contribution is 2.39. The summed E-state index contributed by atoms with van der Waals surface area (Å²) in [5, 5.41) is 46.2. The summed E-state index contributed by atoms with van der Waals surface area (Å²) in [7, 11) is 1.40. The predicted molar refractivity (Wildman–Crippen MR) is 138 cm³/mol. The second-order valence-electron chi connectivity index (χ2n) is 7.80. The summed E-state index contributed by atoms with van der Waals surface area (Å²) < 4.78 is 10.9. The topological polar surface area (TPSA) is 191 Å². The molecule has 3 N–H and O–H groups in total. The number of anilines is 2. The standard InChI is InChI=1S/C24H24N6O8/c1-15(31)26-20-11-22(25-13-17(32)14-38-18-6-4-3-5-7-18)24(37-2)12-21(20)28-27-19-9-8-16(29(33)34)10-23(19)30(35)36/h3-12,17,25,32H,13-14H2,1-2H3,(H,26,31)/t17-/m1/s1. The van der Waals surface area contributed by atoms with E-state index >= 15 is 0 Å². The summed E-state index contributed by atoms with van der Waals surface area (Å²) in [6.45, 7) is 1.39. The molecule has 3 rings (SSSR count). The molecule has 0 aliphatic carbocycles. The van der Waals surface area contributed by atoms with E-state index in [4.69, 9.17) is 9.47 Å². The van der Waals surface area contributed by atoms with Crippen LogP contribution in [0.1, 0.15) is 6.92 Å². The molecule has 0 saturated heterocycles. The first-order valence-electron chi connectivity index (χ1n) is 11.1. The first-order valence-corrected chi connectivity index (χ1v) is 11.1. The van der Waals surface area contributed by atoms with Crippen LogP contribution in [0.2, 0.25) is 0 Å². The Kier molecular flexibility index (Phi) is 9.21. The smallest absolute Gasteiger partial charge is 0.303 e. The van der Waals surface area contributed by atoms with E-state index in [-0.39, 0.29) is 36.0 Å². The van der Waals surface area contributed by atoms with Crippen molar-refractivity contribution in [2.45, 2.75) is 13.0 Å². The summed E-state index contributed by atoms with van der Waals surface area (Å²) in [4.78, 5) is 32.6. The minimum atomic E-state index is -0.883. The number of aliphatic hydroxyl groups is 1. The van der Waals surface area contributed by atoms with Crippen LogP contribution in [-0.2, 0) is 4.79 Å². The van der Waals surface area contributed by atoms with Gasteiger partial charge < -0.3 is 25.2 Å². The Labute approximate surface area is 216 Å². The Balaban J connectivity index is 1.84. The van der Waals surface area contributed by atoms with Crippen molar-refractivity contribution in [1.29, 1.82) is 0 Å². The lowest BCUT2D eigenvalue weighted by molar-refractivity contribution is -0.393. The maximum Gasteiger partial charge on any atom is 0.303 e. The molecule has 0 aliphatic heterocycles. The van der Waals surface area contributed by atoms with Crippen molar-refractivity contribution in [1.82, 2.24) is 0 Å². The minimum Gasteiger partial charge on any atom is -0.495 e. The molecule has 14 nitrogen and oxygen atoms in total. The van der Waals surface area contributed by atoms with Gasteiger partial charge in [-0.25, -0.2) is 0 Å². The van der Waals surface area contributed by atoms with Crippen LogP contribution in [0.25, 0.3) is 0 Å². The fraction of sp³-hybridized carbons (Fsp3) is 0.208. The molecule has 0 bridgehead atoms. The molecule has 0 aromatic heterocycles. The van der Waals surface area contributed by atoms with Crippen LogP contribution >= 0.6 is 0 Å². The number of para-hydroxylation sites is 1. The Hall–Kier alpha value is -5.11. The highest BCUT2D eigenvalue weighted by atomic mass is 16.6. The van der Waals surface area contributed by atoms with Gasteiger partial charge in [-0.2, -0.15) is 0 Å². The molecule has 1 atom stereocenters. The third-order valence-electron chi connectivity index (χ3n) is 4.97. The molecule has 0 spiro atoms. The van der Waals surface area contributed by atoms with Gasteiger partial charge in [0.2, 0.25) is 5.91 Å². The number of carbonyl (C=O) groups is 1. The van der Waals surface area contributed by atoms with Gasteiger partial charge in [0.25, 0.3) is 5.69 Å². The number of nitro benzene ring substituents is 2. The Bertz CT molecular complexity index is 1350. The van der Waals surface area contributed by atoms with E-state index < -0.39 is 33.2 Å².